The molecule has 0 bridgehead atoms. The van der Waals surface area contributed by atoms with E-state index in [1.165, 1.54) is 0 Å². The number of aliphatic hydroxyl groups excluding tert-OH is 1. The van der Waals surface area contributed by atoms with Gasteiger partial charge in [-0.05, 0) is 6.92 Å². The second-order valence-corrected chi connectivity index (χ2v) is 1.40. The van der Waals surface area contributed by atoms with Crippen molar-refractivity contribution in [2.24, 2.45) is 0 Å². The highest BCUT2D eigenvalue weighted by Crippen LogP contribution is 1.76. The van der Waals surface area contributed by atoms with Crippen molar-refractivity contribution >= 4 is 6.41 Å². The van der Waals surface area contributed by atoms with E-state index in [9.17, 15) is 4.79 Å². The maximum atomic E-state index is 9.47. The van der Waals surface area contributed by atoms with Crippen LogP contribution in [0.2, 0.25) is 0 Å². The minimum Gasteiger partial charge on any atom is -0.391 e. The molecule has 0 aliphatic rings. The number of nitrogens with one attached hydrogen (secondary N) is 1. The van der Waals surface area contributed by atoms with E-state index in [1.54, 1.807) is 6.92 Å². The van der Waals surface area contributed by atoms with Crippen molar-refractivity contribution in [2.45, 2.75) is 13.0 Å². The van der Waals surface area contributed by atoms with Crippen LogP contribution in [-0.4, -0.2) is 24.2 Å². The molecule has 0 saturated heterocycles. The Hall–Kier alpha value is -0.610. The number of carbonyl (C=O) groups is 1. The molecule has 0 fully saturated rings. The third kappa shape index (κ3) is 5.39. The van der Waals surface area contributed by atoms with Gasteiger partial charge in [0.15, 0.2) is 0 Å². The van der Waals surface area contributed by atoms with Crippen molar-refractivity contribution in [2.75, 3.05) is 6.61 Å². The van der Waals surface area contributed by atoms with E-state index in [4.69, 9.17) is 5.11 Å². The van der Waals surface area contributed by atoms with Crippen LogP contribution in [0.25, 0.3) is 0 Å². The summed E-state index contributed by atoms with van der Waals surface area (Å²) < 4.78 is 0. The molecule has 0 rings (SSSR count). The van der Waals surface area contributed by atoms with Crippen LogP contribution >= 0.6 is 0 Å². The van der Waals surface area contributed by atoms with E-state index in [0.29, 0.717) is 6.41 Å². The van der Waals surface area contributed by atoms with E-state index in [0.717, 1.165) is 0 Å². The van der Waals surface area contributed by atoms with E-state index in [2.05, 4.69) is 4.84 Å². The molecule has 1 amide bonds. The molecular weight excluding hydrogens is 110 g/mol. The monoisotopic (exact) mass is 119 g/mol. The van der Waals surface area contributed by atoms with Crippen molar-refractivity contribution in [3.05, 3.63) is 0 Å². The van der Waals surface area contributed by atoms with Gasteiger partial charge in [0.1, 0.15) is 6.61 Å². The smallest absolute Gasteiger partial charge is 0.230 e. The number of carbonyl (C=O) groups excluding carboxylic acids is 1. The number of hydrogen-bond acceptors (Lipinski definition) is 3. The number of rotatable bonds is 4. The van der Waals surface area contributed by atoms with Crippen LogP contribution in [0.15, 0.2) is 0 Å². The molecule has 8 heavy (non-hydrogen) atoms. The topological polar surface area (TPSA) is 58.6 Å². The number of amides is 1. The number of hydrogen-bond donors (Lipinski definition) is 2. The molecule has 0 radical (unpaired) electrons. The average Bonchev–Trinajstić information content (AvgIpc) is 1.66. The second-order valence-electron chi connectivity index (χ2n) is 1.40. The number of aliphatic hydroxyl groups is 1. The van der Waals surface area contributed by atoms with Gasteiger partial charge in [0.25, 0.3) is 0 Å². The Morgan fingerprint density at radius 3 is 3.00 bits per heavy atom. The summed E-state index contributed by atoms with van der Waals surface area (Å²) in [6.07, 6.45) is -0.134. The fourth-order valence-electron chi connectivity index (χ4n) is 0.203. The molecule has 0 aromatic carbocycles. The van der Waals surface area contributed by atoms with Gasteiger partial charge in [-0.2, -0.15) is 0 Å². The molecule has 1 unspecified atom stereocenters. The van der Waals surface area contributed by atoms with E-state index in [1.807, 2.05) is 5.48 Å². The highest BCUT2D eigenvalue weighted by molar-refractivity contribution is 5.43. The lowest BCUT2D eigenvalue weighted by molar-refractivity contribution is -0.122. The summed E-state index contributed by atoms with van der Waals surface area (Å²) in [5.74, 6) is 0. The first-order valence-electron chi connectivity index (χ1n) is 2.26. The molecule has 0 aromatic rings. The van der Waals surface area contributed by atoms with Gasteiger partial charge in [0, 0.05) is 0 Å². The Kier molecular flexibility index (Phi) is 4.20. The van der Waals surface area contributed by atoms with Gasteiger partial charge in [-0.3, -0.25) is 9.63 Å². The van der Waals surface area contributed by atoms with E-state index in [-0.39, 0.29) is 6.61 Å². The zero-order valence-corrected chi connectivity index (χ0v) is 4.63. The zero-order chi connectivity index (χ0) is 6.41. The van der Waals surface area contributed by atoms with Crippen molar-refractivity contribution in [3.8, 4) is 0 Å². The molecule has 0 heterocycles. The molecule has 4 nitrogen and oxygen atoms in total. The van der Waals surface area contributed by atoms with Gasteiger partial charge in [0.2, 0.25) is 6.41 Å². The Morgan fingerprint density at radius 1 is 2.00 bits per heavy atom. The Bertz CT molecular complexity index is 64.3. The Labute approximate surface area is 47.4 Å². The summed E-state index contributed by atoms with van der Waals surface area (Å²) in [4.78, 5) is 13.8. The molecular formula is C4H9NO3. The van der Waals surface area contributed by atoms with Gasteiger partial charge in [-0.25, -0.2) is 5.48 Å². The summed E-state index contributed by atoms with van der Waals surface area (Å²) in [6.45, 7) is 1.69. The molecule has 4 heteroatoms. The summed E-state index contributed by atoms with van der Waals surface area (Å²) in [7, 11) is 0. The quantitative estimate of drug-likeness (QED) is 0.285. The minimum absolute atomic E-state index is 0.124. The van der Waals surface area contributed by atoms with Crippen LogP contribution in [0.3, 0.4) is 0 Å². The first-order valence-corrected chi connectivity index (χ1v) is 2.26. The van der Waals surface area contributed by atoms with Crippen LogP contribution in [0.5, 0.6) is 0 Å². The predicted octanol–water partition coefficient (Wildman–Crippen LogP) is -0.955. The largest absolute Gasteiger partial charge is 0.391 e. The van der Waals surface area contributed by atoms with Crippen LogP contribution < -0.4 is 5.48 Å². The van der Waals surface area contributed by atoms with Crippen LogP contribution in [-0.2, 0) is 9.63 Å². The average molecular weight is 119 g/mol. The highest BCUT2D eigenvalue weighted by atomic mass is 16.7. The molecule has 48 valence electrons. The maximum Gasteiger partial charge on any atom is 0.230 e. The molecule has 0 aliphatic carbocycles. The van der Waals surface area contributed by atoms with Crippen molar-refractivity contribution in [3.63, 3.8) is 0 Å². The van der Waals surface area contributed by atoms with Gasteiger partial charge < -0.3 is 5.11 Å². The third-order valence-corrected chi connectivity index (χ3v) is 0.456. The first kappa shape index (κ1) is 7.39. The van der Waals surface area contributed by atoms with Gasteiger partial charge >= 0.3 is 0 Å². The minimum atomic E-state index is -0.539. The van der Waals surface area contributed by atoms with Crippen molar-refractivity contribution < 1.29 is 14.7 Å². The Morgan fingerprint density at radius 2 is 2.62 bits per heavy atom. The molecule has 1 atom stereocenters. The lowest BCUT2D eigenvalue weighted by atomic mass is 10.5. The van der Waals surface area contributed by atoms with Gasteiger partial charge in [-0.1, -0.05) is 0 Å². The maximum absolute atomic E-state index is 9.47. The van der Waals surface area contributed by atoms with Gasteiger partial charge in [0.05, 0.1) is 6.10 Å². The highest BCUT2D eigenvalue weighted by Gasteiger charge is 1.91. The fourth-order valence-corrected chi connectivity index (χ4v) is 0.203. The van der Waals surface area contributed by atoms with Crippen LogP contribution in [0.4, 0.5) is 0 Å². The lowest BCUT2D eigenvalue weighted by Crippen LogP contribution is -2.19. The zero-order valence-electron chi connectivity index (χ0n) is 4.63. The fraction of sp³-hybridized carbons (Fsp3) is 0.750. The van der Waals surface area contributed by atoms with Crippen molar-refractivity contribution in [1.82, 2.24) is 5.48 Å². The SMILES string of the molecule is CC(O)CONC=O. The second kappa shape index (κ2) is 4.55. The van der Waals surface area contributed by atoms with Crippen LogP contribution in [0.1, 0.15) is 6.92 Å². The van der Waals surface area contributed by atoms with Crippen molar-refractivity contribution in [1.29, 1.82) is 0 Å². The summed E-state index contributed by atoms with van der Waals surface area (Å²) >= 11 is 0. The van der Waals surface area contributed by atoms with Crippen LogP contribution in [0, 0.1) is 0 Å². The third-order valence-electron chi connectivity index (χ3n) is 0.456. The Balaban J connectivity index is 2.81. The van der Waals surface area contributed by atoms with Gasteiger partial charge in [-0.15, -0.1) is 0 Å². The van der Waals surface area contributed by atoms with E-state index < -0.39 is 6.10 Å². The molecule has 0 aliphatic heterocycles. The molecule has 0 aromatic heterocycles. The normalized spacial score (nSPS) is 12.8. The molecule has 0 spiro atoms. The molecule has 0 saturated carbocycles. The van der Waals surface area contributed by atoms with E-state index >= 15 is 0 Å². The predicted molar refractivity (Wildman–Crippen MR) is 26.8 cm³/mol. The summed E-state index contributed by atoms with van der Waals surface area (Å²) in [5.41, 5.74) is 1.94. The standard InChI is InChI=1S/C4H9NO3/c1-4(7)2-8-5-3-6/h3-4,7H,2H2,1H3,(H,5,6). The molecule has 2 N–H and O–H groups in total. The lowest BCUT2D eigenvalue weighted by Gasteiger charge is -2.01. The first-order chi connectivity index (χ1) is 3.77. The number of hydroxylamine groups is 1. The summed E-state index contributed by atoms with van der Waals surface area (Å²) in [5, 5.41) is 8.50. The summed E-state index contributed by atoms with van der Waals surface area (Å²) in [6, 6.07) is 0.